The molecule has 2 N–H and O–H groups in total. The van der Waals surface area contributed by atoms with E-state index in [2.05, 4.69) is 4.90 Å². The van der Waals surface area contributed by atoms with Crippen LogP contribution in [0.3, 0.4) is 0 Å². The van der Waals surface area contributed by atoms with Crippen LogP contribution in [0.1, 0.15) is 6.92 Å². The fourth-order valence-corrected chi connectivity index (χ4v) is 1.04. The Balaban J connectivity index is 2.67. The Kier molecular flexibility index (Phi) is 1.76. The molecule has 0 aromatic heterocycles. The standard InChI is InChI=1S/C7H12N2O/c1-5-3-6(7(8)10)4-9(5)2/h3,5H,4H2,1-2H3,(H2,8,10). The average Bonchev–Trinajstić information content (AvgIpc) is 2.13. The molecule has 1 atom stereocenters. The van der Waals surface area contributed by atoms with Crippen molar-refractivity contribution >= 4 is 5.91 Å². The average molecular weight is 140 g/mol. The van der Waals surface area contributed by atoms with Crippen molar-refractivity contribution in [2.24, 2.45) is 5.73 Å². The van der Waals surface area contributed by atoms with Gasteiger partial charge in [-0.2, -0.15) is 0 Å². The van der Waals surface area contributed by atoms with Gasteiger partial charge in [-0.25, -0.2) is 0 Å². The van der Waals surface area contributed by atoms with Crippen LogP contribution in [-0.4, -0.2) is 30.4 Å². The minimum absolute atomic E-state index is 0.295. The Labute approximate surface area is 60.5 Å². The van der Waals surface area contributed by atoms with Gasteiger partial charge in [-0.15, -0.1) is 0 Å². The van der Waals surface area contributed by atoms with Gasteiger partial charge in [-0.05, 0) is 14.0 Å². The number of amides is 1. The summed E-state index contributed by atoms with van der Waals surface area (Å²) in [5.74, 6) is -0.295. The lowest BCUT2D eigenvalue weighted by molar-refractivity contribution is -0.114. The first-order chi connectivity index (χ1) is 4.61. The summed E-state index contributed by atoms with van der Waals surface area (Å²) in [4.78, 5) is 12.7. The van der Waals surface area contributed by atoms with Gasteiger partial charge in [0.1, 0.15) is 0 Å². The number of nitrogens with two attached hydrogens (primary N) is 1. The molecule has 1 amide bonds. The molecule has 0 spiro atoms. The number of hydrogen-bond acceptors (Lipinski definition) is 2. The van der Waals surface area contributed by atoms with E-state index in [1.54, 1.807) is 0 Å². The lowest BCUT2D eigenvalue weighted by Gasteiger charge is -2.12. The second kappa shape index (κ2) is 2.42. The van der Waals surface area contributed by atoms with Gasteiger partial charge >= 0.3 is 0 Å². The molecular weight excluding hydrogens is 128 g/mol. The minimum atomic E-state index is -0.295. The molecule has 56 valence electrons. The number of hydrogen-bond donors (Lipinski definition) is 1. The summed E-state index contributed by atoms with van der Waals surface area (Å²) in [6, 6.07) is 0.350. The molecule has 0 saturated carbocycles. The van der Waals surface area contributed by atoms with Crippen LogP contribution in [0.5, 0.6) is 0 Å². The van der Waals surface area contributed by atoms with E-state index in [0.717, 1.165) is 5.57 Å². The van der Waals surface area contributed by atoms with Crippen molar-refractivity contribution < 1.29 is 4.79 Å². The second-order valence-electron chi connectivity index (χ2n) is 2.71. The third kappa shape index (κ3) is 1.19. The van der Waals surface area contributed by atoms with E-state index in [1.807, 2.05) is 20.0 Å². The van der Waals surface area contributed by atoms with Crippen LogP contribution in [0, 0.1) is 0 Å². The van der Waals surface area contributed by atoms with Gasteiger partial charge in [0.05, 0.1) is 0 Å². The van der Waals surface area contributed by atoms with Crippen molar-refractivity contribution in [3.8, 4) is 0 Å². The van der Waals surface area contributed by atoms with Gasteiger partial charge in [0.2, 0.25) is 5.91 Å². The molecule has 0 aromatic carbocycles. The highest BCUT2D eigenvalue weighted by atomic mass is 16.1. The zero-order valence-electron chi connectivity index (χ0n) is 6.29. The van der Waals surface area contributed by atoms with Crippen LogP contribution in [-0.2, 0) is 4.79 Å². The van der Waals surface area contributed by atoms with E-state index in [0.29, 0.717) is 12.6 Å². The quantitative estimate of drug-likeness (QED) is 0.545. The SMILES string of the molecule is CC1C=C(C(N)=O)CN1C. The van der Waals surface area contributed by atoms with Crippen molar-refractivity contribution in [1.29, 1.82) is 0 Å². The highest BCUT2D eigenvalue weighted by Crippen LogP contribution is 2.12. The van der Waals surface area contributed by atoms with Crippen molar-refractivity contribution in [2.45, 2.75) is 13.0 Å². The first-order valence-electron chi connectivity index (χ1n) is 3.32. The third-order valence-electron chi connectivity index (χ3n) is 1.87. The Morgan fingerprint density at radius 1 is 1.90 bits per heavy atom. The van der Waals surface area contributed by atoms with Gasteiger partial charge in [0, 0.05) is 18.2 Å². The summed E-state index contributed by atoms with van der Waals surface area (Å²) in [5.41, 5.74) is 5.82. The predicted octanol–water partition coefficient (Wildman–Crippen LogP) is -0.268. The fourth-order valence-electron chi connectivity index (χ4n) is 1.04. The molecular formula is C7H12N2O. The van der Waals surface area contributed by atoms with E-state index < -0.39 is 0 Å². The Hall–Kier alpha value is -0.830. The lowest BCUT2D eigenvalue weighted by atomic mass is 10.2. The van der Waals surface area contributed by atoms with Gasteiger partial charge in [0.25, 0.3) is 0 Å². The largest absolute Gasteiger partial charge is 0.366 e. The minimum Gasteiger partial charge on any atom is -0.366 e. The number of carbonyl (C=O) groups is 1. The van der Waals surface area contributed by atoms with E-state index in [4.69, 9.17) is 5.73 Å². The molecule has 0 aliphatic carbocycles. The Morgan fingerprint density at radius 3 is 2.70 bits per heavy atom. The molecule has 0 fully saturated rings. The van der Waals surface area contributed by atoms with Crippen LogP contribution in [0.4, 0.5) is 0 Å². The summed E-state index contributed by atoms with van der Waals surface area (Å²) < 4.78 is 0. The van der Waals surface area contributed by atoms with Gasteiger partial charge in [-0.1, -0.05) is 6.08 Å². The predicted molar refractivity (Wildman–Crippen MR) is 39.4 cm³/mol. The summed E-state index contributed by atoms with van der Waals surface area (Å²) in [6.45, 7) is 2.73. The maximum Gasteiger partial charge on any atom is 0.245 e. The summed E-state index contributed by atoms with van der Waals surface area (Å²) in [6.07, 6.45) is 1.91. The Morgan fingerprint density at radius 2 is 2.50 bits per heavy atom. The van der Waals surface area contributed by atoms with Crippen molar-refractivity contribution in [2.75, 3.05) is 13.6 Å². The maximum atomic E-state index is 10.6. The zero-order chi connectivity index (χ0) is 7.72. The lowest BCUT2D eigenvalue weighted by Crippen LogP contribution is -2.24. The fraction of sp³-hybridized carbons (Fsp3) is 0.571. The Bertz CT molecular complexity index is 186. The maximum absolute atomic E-state index is 10.6. The molecule has 1 aliphatic heterocycles. The molecule has 10 heavy (non-hydrogen) atoms. The summed E-state index contributed by atoms with van der Waals surface area (Å²) in [7, 11) is 1.97. The van der Waals surface area contributed by atoms with Crippen LogP contribution in [0.2, 0.25) is 0 Å². The van der Waals surface area contributed by atoms with Crippen molar-refractivity contribution in [3.63, 3.8) is 0 Å². The number of rotatable bonds is 1. The number of nitrogens with zero attached hydrogens (tertiary/aromatic N) is 1. The number of likely N-dealkylation sites (N-methyl/N-ethyl adjacent to an activating group) is 1. The van der Waals surface area contributed by atoms with Gasteiger partial charge in [-0.3, -0.25) is 9.69 Å². The van der Waals surface area contributed by atoms with E-state index in [1.165, 1.54) is 0 Å². The molecule has 1 heterocycles. The third-order valence-corrected chi connectivity index (χ3v) is 1.87. The van der Waals surface area contributed by atoms with E-state index in [-0.39, 0.29) is 5.91 Å². The molecule has 1 unspecified atom stereocenters. The van der Waals surface area contributed by atoms with Crippen LogP contribution >= 0.6 is 0 Å². The van der Waals surface area contributed by atoms with E-state index >= 15 is 0 Å². The molecule has 3 nitrogen and oxygen atoms in total. The molecule has 3 heteroatoms. The highest BCUT2D eigenvalue weighted by molar-refractivity contribution is 5.92. The molecule has 0 aromatic rings. The summed E-state index contributed by atoms with van der Waals surface area (Å²) >= 11 is 0. The smallest absolute Gasteiger partial charge is 0.245 e. The van der Waals surface area contributed by atoms with Crippen LogP contribution < -0.4 is 5.73 Å². The number of primary amides is 1. The zero-order valence-corrected chi connectivity index (χ0v) is 6.29. The van der Waals surface area contributed by atoms with Gasteiger partial charge in [0.15, 0.2) is 0 Å². The van der Waals surface area contributed by atoms with Crippen molar-refractivity contribution in [3.05, 3.63) is 11.6 Å². The number of carbonyl (C=O) groups excluding carboxylic acids is 1. The highest BCUT2D eigenvalue weighted by Gasteiger charge is 2.19. The van der Waals surface area contributed by atoms with Gasteiger partial charge < -0.3 is 5.73 Å². The van der Waals surface area contributed by atoms with Crippen molar-refractivity contribution in [1.82, 2.24) is 4.90 Å². The topological polar surface area (TPSA) is 46.3 Å². The molecule has 1 aliphatic rings. The molecule has 0 saturated heterocycles. The summed E-state index contributed by atoms with van der Waals surface area (Å²) in [5, 5.41) is 0. The molecule has 0 bridgehead atoms. The molecule has 1 rings (SSSR count). The molecule has 0 radical (unpaired) electrons. The van der Waals surface area contributed by atoms with Crippen LogP contribution in [0.25, 0.3) is 0 Å². The first kappa shape index (κ1) is 7.28. The van der Waals surface area contributed by atoms with E-state index in [9.17, 15) is 4.79 Å². The second-order valence-corrected chi connectivity index (χ2v) is 2.71. The normalized spacial score (nSPS) is 26.6. The first-order valence-corrected chi connectivity index (χ1v) is 3.32. The van der Waals surface area contributed by atoms with Crippen LogP contribution in [0.15, 0.2) is 11.6 Å². The monoisotopic (exact) mass is 140 g/mol.